The lowest BCUT2D eigenvalue weighted by Gasteiger charge is -2.37. The van der Waals surface area contributed by atoms with Crippen molar-refractivity contribution in [1.29, 1.82) is 0 Å². The van der Waals surface area contributed by atoms with E-state index in [0.717, 1.165) is 19.5 Å². The molecule has 1 unspecified atom stereocenters. The lowest BCUT2D eigenvalue weighted by atomic mass is 10.1. The fourth-order valence-electron chi connectivity index (χ4n) is 1.67. The average molecular weight is 203 g/mol. The van der Waals surface area contributed by atoms with Crippen molar-refractivity contribution >= 4 is 11.8 Å². The third-order valence-electron chi connectivity index (χ3n) is 2.37. The number of aliphatic hydroxyl groups is 1. The quantitative estimate of drug-likeness (QED) is 0.753. The molecule has 0 saturated carbocycles. The van der Waals surface area contributed by atoms with E-state index in [0.29, 0.717) is 4.75 Å². The molecule has 1 heterocycles. The van der Waals surface area contributed by atoms with Crippen LogP contribution in [0.2, 0.25) is 0 Å². The molecule has 1 aliphatic heterocycles. The van der Waals surface area contributed by atoms with Crippen LogP contribution in [0.3, 0.4) is 0 Å². The van der Waals surface area contributed by atoms with E-state index in [1.807, 2.05) is 6.92 Å². The van der Waals surface area contributed by atoms with Gasteiger partial charge in [-0.05, 0) is 27.2 Å². The molecule has 0 bridgehead atoms. The monoisotopic (exact) mass is 203 g/mol. The first-order valence-corrected chi connectivity index (χ1v) is 6.02. The van der Waals surface area contributed by atoms with E-state index >= 15 is 0 Å². The van der Waals surface area contributed by atoms with Crippen LogP contribution in [0, 0.1) is 0 Å². The molecule has 2 nitrogen and oxygen atoms in total. The second-order valence-electron chi connectivity index (χ2n) is 4.52. The second kappa shape index (κ2) is 4.67. The molecule has 0 aliphatic carbocycles. The van der Waals surface area contributed by atoms with Crippen LogP contribution in [0.5, 0.6) is 0 Å². The maximum Gasteiger partial charge on any atom is 0.0524 e. The lowest BCUT2D eigenvalue weighted by molar-refractivity contribution is 0.153. The molecule has 1 aliphatic rings. The highest BCUT2D eigenvalue weighted by Gasteiger charge is 2.26. The zero-order valence-electron chi connectivity index (χ0n) is 8.92. The highest BCUT2D eigenvalue weighted by atomic mass is 32.2. The van der Waals surface area contributed by atoms with E-state index in [-0.39, 0.29) is 6.10 Å². The van der Waals surface area contributed by atoms with Crippen molar-refractivity contribution < 1.29 is 5.11 Å². The Balaban J connectivity index is 2.26. The zero-order chi connectivity index (χ0) is 9.90. The van der Waals surface area contributed by atoms with Crippen LogP contribution in [0.25, 0.3) is 0 Å². The highest BCUT2D eigenvalue weighted by molar-refractivity contribution is 8.00. The summed E-state index contributed by atoms with van der Waals surface area (Å²) in [6, 6.07) is 0. The third-order valence-corrected chi connectivity index (χ3v) is 3.67. The topological polar surface area (TPSA) is 23.5 Å². The predicted molar refractivity (Wildman–Crippen MR) is 59.3 cm³/mol. The lowest BCUT2D eigenvalue weighted by Crippen LogP contribution is -2.43. The fraction of sp³-hybridized carbons (Fsp3) is 1.00. The van der Waals surface area contributed by atoms with Crippen LogP contribution >= 0.6 is 11.8 Å². The molecule has 1 fully saturated rings. The number of rotatable bonds is 3. The standard InChI is InChI=1S/C10H21NOS/c1-9(12)4-5-11-6-7-13-10(2,3)8-11/h9,12H,4-8H2,1-3H3. The molecule has 1 N–H and O–H groups in total. The summed E-state index contributed by atoms with van der Waals surface area (Å²) >= 11 is 2.05. The molecule has 1 saturated heterocycles. The number of hydrogen-bond donors (Lipinski definition) is 1. The van der Waals surface area contributed by atoms with Crippen molar-refractivity contribution in [2.24, 2.45) is 0 Å². The number of hydrogen-bond acceptors (Lipinski definition) is 3. The summed E-state index contributed by atoms with van der Waals surface area (Å²) in [4.78, 5) is 2.46. The molecule has 3 heteroatoms. The SMILES string of the molecule is CC(O)CCN1CCSC(C)(C)C1. The zero-order valence-corrected chi connectivity index (χ0v) is 9.73. The summed E-state index contributed by atoms with van der Waals surface area (Å²) in [6.07, 6.45) is 0.749. The first-order chi connectivity index (χ1) is 5.99. The van der Waals surface area contributed by atoms with Crippen LogP contribution in [-0.2, 0) is 0 Å². The average Bonchev–Trinajstić information content (AvgIpc) is 1.99. The molecule has 0 aromatic rings. The van der Waals surface area contributed by atoms with Crippen molar-refractivity contribution in [3.05, 3.63) is 0 Å². The second-order valence-corrected chi connectivity index (χ2v) is 6.32. The highest BCUT2D eigenvalue weighted by Crippen LogP contribution is 2.29. The number of thioether (sulfide) groups is 1. The smallest absolute Gasteiger partial charge is 0.0524 e. The molecule has 0 aromatic heterocycles. The van der Waals surface area contributed by atoms with Crippen molar-refractivity contribution in [2.45, 2.75) is 38.0 Å². The van der Waals surface area contributed by atoms with Gasteiger partial charge in [0.2, 0.25) is 0 Å². The van der Waals surface area contributed by atoms with Crippen LogP contribution in [0.15, 0.2) is 0 Å². The molecule has 78 valence electrons. The van der Waals surface area contributed by atoms with Gasteiger partial charge in [0.25, 0.3) is 0 Å². The molecule has 0 radical (unpaired) electrons. The molecular formula is C10H21NOS. The number of nitrogens with zero attached hydrogens (tertiary/aromatic N) is 1. The Morgan fingerprint density at radius 1 is 1.54 bits per heavy atom. The largest absolute Gasteiger partial charge is 0.393 e. The van der Waals surface area contributed by atoms with E-state index in [1.54, 1.807) is 0 Å². The Morgan fingerprint density at radius 3 is 2.77 bits per heavy atom. The molecule has 13 heavy (non-hydrogen) atoms. The van der Waals surface area contributed by atoms with E-state index in [4.69, 9.17) is 0 Å². The van der Waals surface area contributed by atoms with Gasteiger partial charge >= 0.3 is 0 Å². The van der Waals surface area contributed by atoms with Gasteiger partial charge in [-0.1, -0.05) is 0 Å². The van der Waals surface area contributed by atoms with Gasteiger partial charge in [-0.2, -0.15) is 11.8 Å². The third kappa shape index (κ3) is 4.34. The Bertz CT molecular complexity index is 159. The van der Waals surface area contributed by atoms with Crippen LogP contribution in [-0.4, -0.2) is 46.2 Å². The van der Waals surface area contributed by atoms with Crippen LogP contribution in [0.1, 0.15) is 27.2 Å². The van der Waals surface area contributed by atoms with Gasteiger partial charge in [-0.3, -0.25) is 0 Å². The molecule has 1 atom stereocenters. The van der Waals surface area contributed by atoms with E-state index in [2.05, 4.69) is 30.5 Å². The van der Waals surface area contributed by atoms with E-state index in [9.17, 15) is 5.11 Å². The molecule has 0 aromatic carbocycles. The van der Waals surface area contributed by atoms with Gasteiger partial charge in [0.15, 0.2) is 0 Å². The van der Waals surface area contributed by atoms with Crippen molar-refractivity contribution in [3.8, 4) is 0 Å². The van der Waals surface area contributed by atoms with Crippen molar-refractivity contribution in [3.63, 3.8) is 0 Å². The number of aliphatic hydroxyl groups excluding tert-OH is 1. The molecule has 0 spiro atoms. The first-order valence-electron chi connectivity index (χ1n) is 5.04. The normalized spacial score (nSPS) is 25.8. The van der Waals surface area contributed by atoms with E-state index in [1.165, 1.54) is 12.3 Å². The van der Waals surface area contributed by atoms with Gasteiger partial charge in [0.05, 0.1) is 6.10 Å². The Morgan fingerprint density at radius 2 is 2.23 bits per heavy atom. The maximum atomic E-state index is 9.18. The summed E-state index contributed by atoms with van der Waals surface area (Å²) in [5.41, 5.74) is 0. The van der Waals surface area contributed by atoms with Crippen LogP contribution in [0.4, 0.5) is 0 Å². The molecule has 1 rings (SSSR count). The fourth-order valence-corrected chi connectivity index (χ4v) is 2.85. The first kappa shape index (κ1) is 11.3. The summed E-state index contributed by atoms with van der Waals surface area (Å²) in [5.74, 6) is 1.23. The molecular weight excluding hydrogens is 182 g/mol. The summed E-state index contributed by atoms with van der Waals surface area (Å²) in [6.45, 7) is 9.84. The minimum atomic E-state index is -0.155. The molecule has 0 amide bonds. The van der Waals surface area contributed by atoms with Gasteiger partial charge in [0, 0.05) is 30.1 Å². The van der Waals surface area contributed by atoms with Gasteiger partial charge in [-0.15, -0.1) is 0 Å². The van der Waals surface area contributed by atoms with Crippen molar-refractivity contribution in [1.82, 2.24) is 4.90 Å². The van der Waals surface area contributed by atoms with Gasteiger partial charge in [-0.25, -0.2) is 0 Å². The maximum absolute atomic E-state index is 9.18. The minimum absolute atomic E-state index is 0.155. The summed E-state index contributed by atoms with van der Waals surface area (Å²) in [7, 11) is 0. The van der Waals surface area contributed by atoms with Gasteiger partial charge in [0.1, 0.15) is 0 Å². The van der Waals surface area contributed by atoms with Crippen LogP contribution < -0.4 is 0 Å². The predicted octanol–water partition coefficient (Wildman–Crippen LogP) is 1.58. The Labute approximate surface area is 85.7 Å². The van der Waals surface area contributed by atoms with Crippen molar-refractivity contribution in [2.75, 3.05) is 25.4 Å². The summed E-state index contributed by atoms with van der Waals surface area (Å²) < 4.78 is 0.400. The van der Waals surface area contributed by atoms with E-state index < -0.39 is 0 Å². The summed E-state index contributed by atoms with van der Waals surface area (Å²) in [5, 5.41) is 9.18. The minimum Gasteiger partial charge on any atom is -0.393 e. The Kier molecular flexibility index (Phi) is 4.07. The Hall–Kier alpha value is 0.270. The van der Waals surface area contributed by atoms with Gasteiger partial charge < -0.3 is 10.0 Å².